The lowest BCUT2D eigenvalue weighted by atomic mass is 10.1. The Morgan fingerprint density at radius 2 is 1.86 bits per heavy atom. The summed E-state index contributed by atoms with van der Waals surface area (Å²) in [5.74, 6) is 0.0770. The number of ketones is 1. The standard InChI is InChI=1S/C16H12Cl2O3/c1-21-15-9-10(5-7-13(15)19)6-8-14(20)16-11(17)3-2-4-12(16)18/h2-9,19H,1H3/b8-6+. The molecule has 0 saturated heterocycles. The summed E-state index contributed by atoms with van der Waals surface area (Å²) >= 11 is 12.0. The molecule has 108 valence electrons. The highest BCUT2D eigenvalue weighted by molar-refractivity contribution is 6.40. The number of hydrogen-bond acceptors (Lipinski definition) is 3. The Morgan fingerprint density at radius 3 is 2.48 bits per heavy atom. The van der Waals surface area contributed by atoms with Gasteiger partial charge in [0.25, 0.3) is 0 Å². The second-order valence-corrected chi connectivity index (χ2v) is 5.04. The van der Waals surface area contributed by atoms with Crippen LogP contribution in [0.15, 0.2) is 42.5 Å². The molecule has 3 nitrogen and oxygen atoms in total. The minimum Gasteiger partial charge on any atom is -0.504 e. The van der Waals surface area contributed by atoms with Crippen molar-refractivity contribution in [3.05, 3.63) is 63.6 Å². The zero-order valence-corrected chi connectivity index (χ0v) is 12.7. The van der Waals surface area contributed by atoms with Crippen LogP contribution in [0.5, 0.6) is 11.5 Å². The second kappa shape index (κ2) is 6.66. The molecule has 0 aromatic heterocycles. The number of benzene rings is 2. The first-order valence-electron chi connectivity index (χ1n) is 6.06. The number of ether oxygens (including phenoxy) is 1. The van der Waals surface area contributed by atoms with Crippen molar-refractivity contribution in [3.63, 3.8) is 0 Å². The maximum atomic E-state index is 12.1. The van der Waals surface area contributed by atoms with Crippen LogP contribution >= 0.6 is 23.2 Å². The van der Waals surface area contributed by atoms with Crippen LogP contribution < -0.4 is 4.74 Å². The summed E-state index contributed by atoms with van der Waals surface area (Å²) in [6, 6.07) is 9.67. The topological polar surface area (TPSA) is 46.5 Å². The number of rotatable bonds is 4. The average molecular weight is 323 g/mol. The minimum absolute atomic E-state index is 0.0372. The van der Waals surface area contributed by atoms with E-state index in [2.05, 4.69) is 0 Å². The van der Waals surface area contributed by atoms with Gasteiger partial charge in [0.2, 0.25) is 0 Å². The Balaban J connectivity index is 2.27. The lowest BCUT2D eigenvalue weighted by Gasteiger charge is -2.04. The predicted molar refractivity (Wildman–Crippen MR) is 84.5 cm³/mol. The Morgan fingerprint density at radius 1 is 1.19 bits per heavy atom. The van der Waals surface area contributed by atoms with Crippen LogP contribution in [0.2, 0.25) is 10.0 Å². The van der Waals surface area contributed by atoms with Gasteiger partial charge in [-0.05, 0) is 35.9 Å². The highest BCUT2D eigenvalue weighted by atomic mass is 35.5. The molecule has 21 heavy (non-hydrogen) atoms. The molecule has 0 unspecified atom stereocenters. The summed E-state index contributed by atoms with van der Waals surface area (Å²) < 4.78 is 5.00. The molecule has 2 aromatic carbocycles. The lowest BCUT2D eigenvalue weighted by Crippen LogP contribution is -1.96. The van der Waals surface area contributed by atoms with Crippen molar-refractivity contribution in [1.29, 1.82) is 0 Å². The molecule has 5 heteroatoms. The van der Waals surface area contributed by atoms with Crippen LogP contribution in [0.25, 0.3) is 6.08 Å². The number of allylic oxidation sites excluding steroid dienone is 1. The van der Waals surface area contributed by atoms with Crippen molar-refractivity contribution in [1.82, 2.24) is 0 Å². The number of aromatic hydroxyl groups is 1. The predicted octanol–water partition coefficient (Wildman–Crippen LogP) is 4.60. The largest absolute Gasteiger partial charge is 0.504 e. The van der Waals surface area contributed by atoms with Crippen LogP contribution in [0.4, 0.5) is 0 Å². The van der Waals surface area contributed by atoms with Crippen molar-refractivity contribution in [2.45, 2.75) is 0 Å². The third-order valence-electron chi connectivity index (χ3n) is 2.84. The molecular weight excluding hydrogens is 311 g/mol. The molecule has 2 aromatic rings. The monoisotopic (exact) mass is 322 g/mol. The zero-order valence-electron chi connectivity index (χ0n) is 11.1. The molecule has 0 amide bonds. The number of carbonyl (C=O) groups excluding carboxylic acids is 1. The molecular formula is C16H12Cl2O3. The molecule has 0 saturated carbocycles. The number of halogens is 2. The molecule has 2 rings (SSSR count). The number of hydrogen-bond donors (Lipinski definition) is 1. The van der Waals surface area contributed by atoms with E-state index in [1.165, 1.54) is 19.3 Å². The van der Waals surface area contributed by atoms with E-state index in [0.29, 0.717) is 21.4 Å². The number of phenols is 1. The van der Waals surface area contributed by atoms with Crippen LogP contribution in [0.1, 0.15) is 15.9 Å². The third-order valence-corrected chi connectivity index (χ3v) is 3.47. The number of carbonyl (C=O) groups is 1. The first-order chi connectivity index (χ1) is 10.0. The summed E-state index contributed by atoms with van der Waals surface area (Å²) in [5.41, 5.74) is 0.976. The average Bonchev–Trinajstić information content (AvgIpc) is 2.46. The summed E-state index contributed by atoms with van der Waals surface area (Å²) in [5, 5.41) is 10.1. The van der Waals surface area contributed by atoms with Crippen LogP contribution in [-0.2, 0) is 0 Å². The van der Waals surface area contributed by atoms with Gasteiger partial charge in [0.15, 0.2) is 17.3 Å². The molecule has 0 radical (unpaired) electrons. The first-order valence-corrected chi connectivity index (χ1v) is 6.82. The van der Waals surface area contributed by atoms with E-state index >= 15 is 0 Å². The molecule has 0 aliphatic heterocycles. The van der Waals surface area contributed by atoms with Gasteiger partial charge < -0.3 is 9.84 Å². The van der Waals surface area contributed by atoms with Crippen molar-refractivity contribution < 1.29 is 14.6 Å². The summed E-state index contributed by atoms with van der Waals surface area (Å²) in [4.78, 5) is 12.1. The van der Waals surface area contributed by atoms with Crippen molar-refractivity contribution in [3.8, 4) is 11.5 Å². The minimum atomic E-state index is -0.294. The van der Waals surface area contributed by atoms with Gasteiger partial charge in [0.05, 0.1) is 22.7 Å². The van der Waals surface area contributed by atoms with E-state index in [1.807, 2.05) is 0 Å². The Hall–Kier alpha value is -1.97. The Bertz CT molecular complexity index is 688. The van der Waals surface area contributed by atoms with Gasteiger partial charge in [-0.3, -0.25) is 4.79 Å². The summed E-state index contributed by atoms with van der Waals surface area (Å²) in [6.45, 7) is 0. The Kier molecular flexibility index (Phi) is 4.89. The second-order valence-electron chi connectivity index (χ2n) is 4.23. The fourth-order valence-corrected chi connectivity index (χ4v) is 2.37. The van der Waals surface area contributed by atoms with Gasteiger partial charge in [0.1, 0.15) is 0 Å². The Labute approximate surface area is 132 Å². The van der Waals surface area contributed by atoms with E-state index in [1.54, 1.807) is 36.4 Å². The van der Waals surface area contributed by atoms with Crippen LogP contribution in [-0.4, -0.2) is 18.0 Å². The van der Waals surface area contributed by atoms with E-state index in [4.69, 9.17) is 27.9 Å². The molecule has 0 aliphatic carbocycles. The molecule has 0 bridgehead atoms. The fraction of sp³-hybridized carbons (Fsp3) is 0.0625. The highest BCUT2D eigenvalue weighted by Crippen LogP contribution is 2.28. The van der Waals surface area contributed by atoms with E-state index in [0.717, 1.165) is 0 Å². The summed E-state index contributed by atoms with van der Waals surface area (Å²) in [7, 11) is 1.46. The highest BCUT2D eigenvalue weighted by Gasteiger charge is 2.11. The van der Waals surface area contributed by atoms with Gasteiger partial charge in [-0.1, -0.05) is 41.4 Å². The van der Waals surface area contributed by atoms with Gasteiger partial charge in [-0.25, -0.2) is 0 Å². The molecule has 0 heterocycles. The van der Waals surface area contributed by atoms with Crippen molar-refractivity contribution in [2.24, 2.45) is 0 Å². The smallest absolute Gasteiger partial charge is 0.188 e. The molecule has 0 aliphatic rings. The fourth-order valence-electron chi connectivity index (χ4n) is 1.79. The van der Waals surface area contributed by atoms with E-state index in [9.17, 15) is 9.90 Å². The zero-order chi connectivity index (χ0) is 15.4. The maximum Gasteiger partial charge on any atom is 0.188 e. The van der Waals surface area contributed by atoms with Gasteiger partial charge in [-0.2, -0.15) is 0 Å². The number of methoxy groups -OCH3 is 1. The molecule has 0 atom stereocenters. The third kappa shape index (κ3) is 3.57. The van der Waals surface area contributed by atoms with Gasteiger partial charge in [0, 0.05) is 0 Å². The van der Waals surface area contributed by atoms with Crippen LogP contribution in [0, 0.1) is 0 Å². The first kappa shape index (κ1) is 15.4. The lowest BCUT2D eigenvalue weighted by molar-refractivity contribution is 0.104. The van der Waals surface area contributed by atoms with Crippen molar-refractivity contribution >= 4 is 35.1 Å². The van der Waals surface area contributed by atoms with Crippen LogP contribution in [0.3, 0.4) is 0 Å². The normalized spacial score (nSPS) is 10.8. The van der Waals surface area contributed by atoms with E-state index < -0.39 is 0 Å². The molecule has 0 fully saturated rings. The van der Waals surface area contributed by atoms with Gasteiger partial charge in [-0.15, -0.1) is 0 Å². The maximum absolute atomic E-state index is 12.1. The van der Waals surface area contributed by atoms with Crippen molar-refractivity contribution in [2.75, 3.05) is 7.11 Å². The SMILES string of the molecule is COc1cc(/C=C/C(=O)c2c(Cl)cccc2Cl)ccc1O. The molecule has 1 N–H and O–H groups in total. The summed E-state index contributed by atoms with van der Waals surface area (Å²) in [6.07, 6.45) is 2.98. The van der Waals surface area contributed by atoms with Gasteiger partial charge >= 0.3 is 0 Å². The quantitative estimate of drug-likeness (QED) is 0.660. The number of phenolic OH excluding ortho intramolecular Hbond substituents is 1. The molecule has 0 spiro atoms. The van der Waals surface area contributed by atoms with E-state index in [-0.39, 0.29) is 17.1 Å².